The Kier molecular flexibility index (Phi) is 4.50. The molecule has 0 bridgehead atoms. The molecule has 0 spiro atoms. The first-order valence-electron chi connectivity index (χ1n) is 9.18. The highest BCUT2D eigenvalue weighted by molar-refractivity contribution is 7.99. The van der Waals surface area contributed by atoms with Gasteiger partial charge in [-0.3, -0.25) is 9.20 Å². The van der Waals surface area contributed by atoms with Crippen molar-refractivity contribution >= 4 is 40.2 Å². The van der Waals surface area contributed by atoms with E-state index in [9.17, 15) is 4.79 Å². The number of hydrogen-bond acceptors (Lipinski definition) is 4. The number of imidazole rings is 1. The van der Waals surface area contributed by atoms with Gasteiger partial charge in [0.1, 0.15) is 0 Å². The van der Waals surface area contributed by atoms with Crippen LogP contribution in [0, 0.1) is 0 Å². The van der Waals surface area contributed by atoms with Crippen LogP contribution in [0.15, 0.2) is 84.0 Å². The molecule has 2 aromatic heterocycles. The van der Waals surface area contributed by atoms with E-state index in [1.165, 1.54) is 11.8 Å². The molecule has 0 radical (unpaired) electrons. The highest BCUT2D eigenvalue weighted by Crippen LogP contribution is 2.28. The first-order chi connectivity index (χ1) is 14.3. The minimum Gasteiger partial charge on any atom is -0.325 e. The minimum atomic E-state index is -0.0843. The van der Waals surface area contributed by atoms with Gasteiger partial charge in [-0.25, -0.2) is 10.1 Å². The summed E-state index contributed by atoms with van der Waals surface area (Å²) in [6.45, 7) is 0. The zero-order valence-electron chi connectivity index (χ0n) is 15.4. The number of nitrogens with one attached hydrogen (secondary N) is 2. The number of carbonyl (C=O) groups excluding carboxylic acids is 1. The Hall–Kier alpha value is -3.58. The number of H-pyrrole nitrogens is 1. The molecular formula is C22H17N5OS. The van der Waals surface area contributed by atoms with E-state index in [2.05, 4.69) is 20.5 Å². The highest BCUT2D eigenvalue weighted by Gasteiger charge is 2.14. The Bertz CT molecular complexity index is 1310. The summed E-state index contributed by atoms with van der Waals surface area (Å²) in [5.41, 5.74) is 4.71. The Balaban J connectivity index is 1.35. The van der Waals surface area contributed by atoms with Crippen molar-refractivity contribution in [1.82, 2.24) is 19.6 Å². The number of carbonyl (C=O) groups is 1. The molecule has 1 amide bonds. The fourth-order valence-electron chi connectivity index (χ4n) is 3.32. The van der Waals surface area contributed by atoms with E-state index in [0.29, 0.717) is 10.9 Å². The molecule has 0 aliphatic carbocycles. The van der Waals surface area contributed by atoms with E-state index >= 15 is 0 Å². The third kappa shape index (κ3) is 3.36. The first kappa shape index (κ1) is 17.5. The fraction of sp³-hybridized carbons (Fsp3) is 0.0455. The van der Waals surface area contributed by atoms with Crippen LogP contribution in [-0.4, -0.2) is 31.2 Å². The number of fused-ring (bicyclic) bond motifs is 3. The van der Waals surface area contributed by atoms with Crippen LogP contribution in [0.4, 0.5) is 5.69 Å². The summed E-state index contributed by atoms with van der Waals surface area (Å²) < 4.78 is 1.94. The molecule has 0 aliphatic heterocycles. The predicted octanol–water partition coefficient (Wildman–Crippen LogP) is 4.61. The van der Waals surface area contributed by atoms with Crippen LogP contribution in [0.3, 0.4) is 0 Å². The Morgan fingerprint density at radius 3 is 2.62 bits per heavy atom. The maximum Gasteiger partial charge on any atom is 0.234 e. The van der Waals surface area contributed by atoms with Crippen molar-refractivity contribution < 1.29 is 4.79 Å². The van der Waals surface area contributed by atoms with Crippen LogP contribution >= 0.6 is 11.8 Å². The Labute approximate surface area is 171 Å². The molecule has 2 heterocycles. The summed E-state index contributed by atoms with van der Waals surface area (Å²) in [7, 11) is 0. The van der Waals surface area contributed by atoms with Crippen LogP contribution in [0.5, 0.6) is 0 Å². The lowest BCUT2D eigenvalue weighted by molar-refractivity contribution is -0.113. The monoisotopic (exact) mass is 399 g/mol. The summed E-state index contributed by atoms with van der Waals surface area (Å²) in [6.07, 6.45) is 0. The van der Waals surface area contributed by atoms with Crippen molar-refractivity contribution in [2.45, 2.75) is 5.16 Å². The maximum atomic E-state index is 12.6. The molecule has 0 fully saturated rings. The summed E-state index contributed by atoms with van der Waals surface area (Å²) in [5, 5.41) is 11.0. The second-order valence-electron chi connectivity index (χ2n) is 6.51. The number of aromatic amines is 1. The van der Waals surface area contributed by atoms with Crippen LogP contribution in [0.25, 0.3) is 27.9 Å². The molecule has 2 N–H and O–H groups in total. The van der Waals surface area contributed by atoms with E-state index in [-0.39, 0.29) is 11.7 Å². The van der Waals surface area contributed by atoms with Crippen molar-refractivity contribution in [2.75, 3.05) is 11.1 Å². The van der Waals surface area contributed by atoms with Gasteiger partial charge in [0.2, 0.25) is 11.7 Å². The fourth-order valence-corrected chi connectivity index (χ4v) is 4.07. The Morgan fingerprint density at radius 1 is 0.966 bits per heavy atom. The minimum absolute atomic E-state index is 0.0843. The van der Waals surface area contributed by atoms with Gasteiger partial charge in [0.25, 0.3) is 0 Å². The second kappa shape index (κ2) is 7.44. The number of aromatic nitrogens is 4. The van der Waals surface area contributed by atoms with Crippen molar-refractivity contribution in [3.63, 3.8) is 0 Å². The lowest BCUT2D eigenvalue weighted by atomic mass is 10.0. The molecule has 3 aromatic carbocycles. The largest absolute Gasteiger partial charge is 0.325 e. The lowest BCUT2D eigenvalue weighted by Crippen LogP contribution is -2.15. The van der Waals surface area contributed by atoms with Gasteiger partial charge in [0.15, 0.2) is 5.16 Å². The van der Waals surface area contributed by atoms with Crippen LogP contribution in [0.2, 0.25) is 0 Å². The van der Waals surface area contributed by atoms with Crippen molar-refractivity contribution in [3.8, 4) is 11.1 Å². The number of para-hydroxylation sites is 3. The van der Waals surface area contributed by atoms with E-state index in [4.69, 9.17) is 0 Å². The summed E-state index contributed by atoms with van der Waals surface area (Å²) in [4.78, 5) is 17.1. The molecule has 0 aliphatic rings. The van der Waals surface area contributed by atoms with Crippen LogP contribution in [-0.2, 0) is 4.79 Å². The summed E-state index contributed by atoms with van der Waals surface area (Å²) >= 11 is 1.37. The van der Waals surface area contributed by atoms with E-state index < -0.39 is 0 Å². The van der Waals surface area contributed by atoms with Crippen LogP contribution < -0.4 is 5.32 Å². The number of anilines is 1. The first-order valence-corrected chi connectivity index (χ1v) is 10.2. The lowest BCUT2D eigenvalue weighted by Gasteiger charge is -2.11. The van der Waals surface area contributed by atoms with E-state index in [1.807, 2.05) is 83.3 Å². The number of nitrogens with zero attached hydrogens (tertiary/aromatic N) is 3. The molecule has 5 rings (SSSR count). The van der Waals surface area contributed by atoms with E-state index in [0.717, 1.165) is 27.8 Å². The molecule has 0 atom stereocenters. The zero-order chi connectivity index (χ0) is 19.6. The summed E-state index contributed by atoms with van der Waals surface area (Å²) in [6, 6.07) is 25.7. The van der Waals surface area contributed by atoms with Gasteiger partial charge in [0.05, 0.1) is 16.8 Å². The normalized spacial score (nSPS) is 11.2. The topological polar surface area (TPSA) is 75.1 Å². The molecule has 0 unspecified atom stereocenters. The smallest absolute Gasteiger partial charge is 0.234 e. The molecule has 29 heavy (non-hydrogen) atoms. The van der Waals surface area contributed by atoms with Crippen LogP contribution in [0.1, 0.15) is 0 Å². The second-order valence-corrected chi connectivity index (χ2v) is 7.46. The quantitative estimate of drug-likeness (QED) is 0.423. The molecular weight excluding hydrogens is 382 g/mol. The third-order valence-corrected chi connectivity index (χ3v) is 5.56. The molecule has 0 saturated carbocycles. The average Bonchev–Trinajstić information content (AvgIpc) is 3.33. The molecule has 7 heteroatoms. The number of rotatable bonds is 5. The number of thioether (sulfide) groups is 1. The van der Waals surface area contributed by atoms with E-state index in [1.54, 1.807) is 0 Å². The zero-order valence-corrected chi connectivity index (χ0v) is 16.2. The van der Waals surface area contributed by atoms with Crippen molar-refractivity contribution in [1.29, 1.82) is 0 Å². The molecule has 5 aromatic rings. The molecule has 0 saturated heterocycles. The van der Waals surface area contributed by atoms with Gasteiger partial charge >= 0.3 is 0 Å². The maximum absolute atomic E-state index is 12.6. The number of benzene rings is 3. The molecule has 6 nitrogen and oxygen atoms in total. The summed E-state index contributed by atoms with van der Waals surface area (Å²) in [5.74, 6) is 0.831. The molecule has 142 valence electrons. The van der Waals surface area contributed by atoms with Gasteiger partial charge in [-0.2, -0.15) is 0 Å². The van der Waals surface area contributed by atoms with Gasteiger partial charge in [-0.15, -0.1) is 5.10 Å². The SMILES string of the molecule is O=C(CSc1n[nH]c2nc3ccccc3n12)Nc1ccccc1-c1ccccc1. The van der Waals surface area contributed by atoms with Gasteiger partial charge in [-0.1, -0.05) is 72.4 Å². The Morgan fingerprint density at radius 2 is 1.72 bits per heavy atom. The van der Waals surface area contributed by atoms with Gasteiger partial charge < -0.3 is 5.32 Å². The number of amides is 1. The third-order valence-electron chi connectivity index (χ3n) is 4.62. The van der Waals surface area contributed by atoms with Crippen molar-refractivity contribution in [2.24, 2.45) is 0 Å². The van der Waals surface area contributed by atoms with Gasteiger partial charge in [0, 0.05) is 11.3 Å². The highest BCUT2D eigenvalue weighted by atomic mass is 32.2. The number of hydrogen-bond donors (Lipinski definition) is 2. The standard InChI is InChI=1S/C22H17N5OS/c28-20(23-17-11-5-4-10-16(17)15-8-2-1-3-9-15)14-29-22-26-25-21-24-18-12-6-7-13-19(18)27(21)22/h1-13H,14H2,(H,23,28)(H,24,25). The average molecular weight is 399 g/mol. The predicted molar refractivity (Wildman–Crippen MR) is 116 cm³/mol. The van der Waals surface area contributed by atoms with Gasteiger partial charge in [-0.05, 0) is 23.8 Å². The van der Waals surface area contributed by atoms with Crippen molar-refractivity contribution in [3.05, 3.63) is 78.9 Å².